The van der Waals surface area contributed by atoms with Crippen LogP contribution in [0.15, 0.2) is 21.7 Å². The zero-order chi connectivity index (χ0) is 11.5. The SMILES string of the molecule is O=C1C(SCCCO)=CC(=O)c2oncc21. The third-order valence-corrected chi connectivity index (χ3v) is 3.19. The fourth-order valence-electron chi connectivity index (χ4n) is 1.32. The highest BCUT2D eigenvalue weighted by Gasteiger charge is 2.29. The molecule has 0 atom stereocenters. The molecule has 1 N–H and O–H groups in total. The Bertz CT molecular complexity index is 463. The van der Waals surface area contributed by atoms with Crippen molar-refractivity contribution in [3.8, 4) is 0 Å². The Morgan fingerprint density at radius 3 is 3.00 bits per heavy atom. The van der Waals surface area contributed by atoms with Gasteiger partial charge in [0.05, 0.1) is 16.7 Å². The number of aliphatic hydroxyl groups excluding tert-OH is 1. The minimum atomic E-state index is -0.335. The quantitative estimate of drug-likeness (QED) is 0.791. The molecule has 1 aliphatic rings. The van der Waals surface area contributed by atoms with Crippen molar-refractivity contribution in [2.75, 3.05) is 12.4 Å². The van der Waals surface area contributed by atoms with Gasteiger partial charge in [0.15, 0.2) is 0 Å². The molecule has 1 heterocycles. The molecule has 0 aliphatic heterocycles. The Labute approximate surface area is 95.5 Å². The second-order valence-corrected chi connectivity index (χ2v) is 4.33. The standard InChI is InChI=1S/C10H9NO4S/c12-2-1-3-16-8-4-7(13)10-6(9(8)14)5-11-15-10/h4-5,12H,1-3H2. The van der Waals surface area contributed by atoms with Gasteiger partial charge in [-0.15, -0.1) is 11.8 Å². The number of nitrogens with zero attached hydrogens (tertiary/aromatic N) is 1. The van der Waals surface area contributed by atoms with Crippen LogP contribution in [-0.2, 0) is 0 Å². The Hall–Kier alpha value is -1.40. The van der Waals surface area contributed by atoms with Gasteiger partial charge in [-0.3, -0.25) is 9.59 Å². The van der Waals surface area contributed by atoms with E-state index in [-0.39, 0.29) is 29.5 Å². The molecule has 1 aliphatic carbocycles. The fraction of sp³-hybridized carbons (Fsp3) is 0.300. The molecule has 6 heteroatoms. The highest BCUT2D eigenvalue weighted by Crippen LogP contribution is 2.28. The van der Waals surface area contributed by atoms with E-state index >= 15 is 0 Å². The molecule has 0 radical (unpaired) electrons. The van der Waals surface area contributed by atoms with E-state index in [1.165, 1.54) is 24.0 Å². The molecule has 0 amide bonds. The number of allylic oxidation sites excluding steroid dienone is 2. The topological polar surface area (TPSA) is 80.4 Å². The van der Waals surface area contributed by atoms with Crippen molar-refractivity contribution in [1.29, 1.82) is 0 Å². The summed E-state index contributed by atoms with van der Waals surface area (Å²) in [6, 6.07) is 0. The van der Waals surface area contributed by atoms with Crippen molar-refractivity contribution in [3.63, 3.8) is 0 Å². The van der Waals surface area contributed by atoms with E-state index in [0.717, 1.165) is 0 Å². The molecular formula is C10H9NO4S. The molecule has 1 aromatic rings. The number of thioether (sulfide) groups is 1. The largest absolute Gasteiger partial charge is 0.396 e. The fourth-order valence-corrected chi connectivity index (χ4v) is 2.24. The van der Waals surface area contributed by atoms with Gasteiger partial charge in [-0.2, -0.15) is 0 Å². The van der Waals surface area contributed by atoms with Crippen molar-refractivity contribution < 1.29 is 19.2 Å². The van der Waals surface area contributed by atoms with Gasteiger partial charge in [0.25, 0.3) is 0 Å². The number of aromatic nitrogens is 1. The maximum atomic E-state index is 11.8. The summed E-state index contributed by atoms with van der Waals surface area (Å²) in [5.41, 5.74) is 0.221. The predicted octanol–water partition coefficient (Wildman–Crippen LogP) is 1.05. The van der Waals surface area contributed by atoms with Crippen LogP contribution in [0.4, 0.5) is 0 Å². The van der Waals surface area contributed by atoms with Gasteiger partial charge in [-0.05, 0) is 6.42 Å². The summed E-state index contributed by atoms with van der Waals surface area (Å²) in [6.07, 6.45) is 3.10. The number of aliphatic hydroxyl groups is 1. The summed E-state index contributed by atoms with van der Waals surface area (Å²) in [5, 5.41) is 12.1. The number of ketones is 2. The second kappa shape index (κ2) is 4.63. The molecule has 0 saturated heterocycles. The van der Waals surface area contributed by atoms with Gasteiger partial charge < -0.3 is 9.63 Å². The Kier molecular flexibility index (Phi) is 3.21. The molecule has 16 heavy (non-hydrogen) atoms. The van der Waals surface area contributed by atoms with Gasteiger partial charge in [0.1, 0.15) is 0 Å². The highest BCUT2D eigenvalue weighted by molar-refractivity contribution is 8.04. The predicted molar refractivity (Wildman–Crippen MR) is 57.4 cm³/mol. The molecule has 2 rings (SSSR count). The van der Waals surface area contributed by atoms with E-state index < -0.39 is 0 Å². The van der Waals surface area contributed by atoms with Gasteiger partial charge >= 0.3 is 0 Å². The van der Waals surface area contributed by atoms with Gasteiger partial charge in [0, 0.05) is 18.4 Å². The zero-order valence-electron chi connectivity index (χ0n) is 8.30. The van der Waals surface area contributed by atoms with Crippen LogP contribution in [0.1, 0.15) is 27.3 Å². The summed E-state index contributed by atoms with van der Waals surface area (Å²) < 4.78 is 4.70. The van der Waals surface area contributed by atoms with Crippen LogP contribution in [0.25, 0.3) is 0 Å². The van der Waals surface area contributed by atoms with Crippen LogP contribution in [-0.4, -0.2) is 34.2 Å². The number of carbonyl (C=O) groups is 2. The number of rotatable bonds is 4. The molecule has 0 aromatic carbocycles. The van der Waals surface area contributed by atoms with E-state index in [1.807, 2.05) is 0 Å². The van der Waals surface area contributed by atoms with E-state index in [2.05, 4.69) is 5.16 Å². The molecular weight excluding hydrogens is 230 g/mol. The lowest BCUT2D eigenvalue weighted by molar-refractivity contribution is 0.0967. The molecule has 1 aromatic heterocycles. The smallest absolute Gasteiger partial charge is 0.225 e. The first-order chi connectivity index (χ1) is 7.74. The zero-order valence-corrected chi connectivity index (χ0v) is 9.12. The first-order valence-electron chi connectivity index (χ1n) is 4.73. The van der Waals surface area contributed by atoms with Crippen molar-refractivity contribution in [1.82, 2.24) is 5.16 Å². The average Bonchev–Trinajstić information content (AvgIpc) is 2.75. The number of hydrogen-bond donors (Lipinski definition) is 1. The highest BCUT2D eigenvalue weighted by atomic mass is 32.2. The number of fused-ring (bicyclic) bond motifs is 1. The van der Waals surface area contributed by atoms with Crippen LogP contribution in [0, 0.1) is 0 Å². The van der Waals surface area contributed by atoms with Crippen molar-refractivity contribution in [2.45, 2.75) is 6.42 Å². The Morgan fingerprint density at radius 1 is 1.44 bits per heavy atom. The molecule has 0 spiro atoms. The molecule has 84 valence electrons. The Balaban J connectivity index is 2.17. The van der Waals surface area contributed by atoms with Crippen molar-refractivity contribution in [3.05, 3.63) is 28.5 Å². The first kappa shape index (κ1) is 11.1. The summed E-state index contributed by atoms with van der Waals surface area (Å²) >= 11 is 1.26. The van der Waals surface area contributed by atoms with Crippen molar-refractivity contribution in [2.24, 2.45) is 0 Å². The average molecular weight is 239 g/mol. The van der Waals surface area contributed by atoms with Crippen LogP contribution in [0.5, 0.6) is 0 Å². The van der Waals surface area contributed by atoms with E-state index in [1.54, 1.807) is 0 Å². The molecule has 0 bridgehead atoms. The second-order valence-electron chi connectivity index (χ2n) is 3.20. The lowest BCUT2D eigenvalue weighted by Gasteiger charge is -2.08. The molecule has 5 nitrogen and oxygen atoms in total. The van der Waals surface area contributed by atoms with E-state index in [9.17, 15) is 9.59 Å². The summed E-state index contributed by atoms with van der Waals surface area (Å²) in [4.78, 5) is 23.7. The van der Waals surface area contributed by atoms with Crippen LogP contribution >= 0.6 is 11.8 Å². The van der Waals surface area contributed by atoms with Crippen LogP contribution < -0.4 is 0 Å². The van der Waals surface area contributed by atoms with Crippen molar-refractivity contribution >= 4 is 23.3 Å². The minimum Gasteiger partial charge on any atom is -0.396 e. The van der Waals surface area contributed by atoms with Crippen LogP contribution in [0.3, 0.4) is 0 Å². The lowest BCUT2D eigenvalue weighted by atomic mass is 10.0. The molecule has 0 unspecified atom stereocenters. The van der Waals surface area contributed by atoms with Gasteiger partial charge in [-0.25, -0.2) is 0 Å². The maximum absolute atomic E-state index is 11.8. The summed E-state index contributed by atoms with van der Waals surface area (Å²) in [5.74, 6) is 0.0380. The molecule has 0 fully saturated rings. The van der Waals surface area contributed by atoms with Gasteiger partial charge in [-0.1, -0.05) is 5.16 Å². The third-order valence-electron chi connectivity index (χ3n) is 2.08. The normalized spacial score (nSPS) is 14.9. The van der Waals surface area contributed by atoms with E-state index in [4.69, 9.17) is 9.63 Å². The lowest BCUT2D eigenvalue weighted by Crippen LogP contribution is -2.13. The van der Waals surface area contributed by atoms with E-state index in [0.29, 0.717) is 17.1 Å². The van der Waals surface area contributed by atoms with Crippen LogP contribution in [0.2, 0.25) is 0 Å². The summed E-state index contributed by atoms with van der Waals surface area (Å²) in [7, 11) is 0. The number of Topliss-reactive ketones (excluding diaryl/α,β-unsaturated/α-hetero) is 1. The molecule has 0 saturated carbocycles. The maximum Gasteiger partial charge on any atom is 0.225 e. The third kappa shape index (κ3) is 1.94. The number of hydrogen-bond acceptors (Lipinski definition) is 6. The minimum absolute atomic E-state index is 0.0107. The summed E-state index contributed by atoms with van der Waals surface area (Å²) in [6.45, 7) is 0.0704. The number of carbonyl (C=O) groups excluding carboxylic acids is 2. The van der Waals surface area contributed by atoms with Gasteiger partial charge in [0.2, 0.25) is 17.3 Å². The monoisotopic (exact) mass is 239 g/mol. The Morgan fingerprint density at radius 2 is 2.25 bits per heavy atom. The first-order valence-corrected chi connectivity index (χ1v) is 5.71.